The Hall–Kier alpha value is -0.310. The van der Waals surface area contributed by atoms with Crippen LogP contribution in [-0.2, 0) is 6.54 Å². The predicted octanol–water partition coefficient (Wildman–Crippen LogP) is 3.59. The highest BCUT2D eigenvalue weighted by molar-refractivity contribution is 9.13. The molecule has 82 valence electrons. The molecule has 0 amide bonds. The third kappa shape index (κ3) is 3.98. The minimum atomic E-state index is 0.234. The Bertz CT molecular complexity index is 337. The molecule has 0 aromatic carbocycles. The van der Waals surface area contributed by atoms with Gasteiger partial charge >= 0.3 is 0 Å². The lowest BCUT2D eigenvalue weighted by Gasteiger charge is -2.11. The second-order valence-electron chi connectivity index (χ2n) is 3.18. The SMILES string of the molecule is CCC(CC#N)NCc1cc(Br)c(Br)o1. The standard InChI is InChI=1S/C10H12Br2N2O/c1-2-7(3-4-13)14-6-8-5-9(11)10(12)15-8/h5,7,14H,2-3,6H2,1H3. The molecule has 1 heterocycles. The van der Waals surface area contributed by atoms with Crippen LogP contribution in [0.25, 0.3) is 0 Å². The van der Waals surface area contributed by atoms with Crippen molar-refractivity contribution in [3.63, 3.8) is 0 Å². The Labute approximate surface area is 106 Å². The summed E-state index contributed by atoms with van der Waals surface area (Å²) in [6.07, 6.45) is 1.47. The van der Waals surface area contributed by atoms with Crippen LogP contribution < -0.4 is 5.32 Å². The fourth-order valence-electron chi connectivity index (χ4n) is 1.19. The molecule has 1 atom stereocenters. The molecule has 1 unspecified atom stereocenters. The first-order valence-electron chi connectivity index (χ1n) is 4.71. The minimum Gasteiger partial charge on any atom is -0.452 e. The van der Waals surface area contributed by atoms with E-state index in [4.69, 9.17) is 9.68 Å². The van der Waals surface area contributed by atoms with Crippen LogP contribution >= 0.6 is 31.9 Å². The van der Waals surface area contributed by atoms with Gasteiger partial charge in [-0.2, -0.15) is 5.26 Å². The first kappa shape index (κ1) is 12.8. The van der Waals surface area contributed by atoms with Gasteiger partial charge in [0.15, 0.2) is 4.67 Å². The Morgan fingerprint density at radius 1 is 1.60 bits per heavy atom. The molecular formula is C10H12Br2N2O. The third-order valence-corrected chi connectivity index (χ3v) is 3.80. The van der Waals surface area contributed by atoms with E-state index < -0.39 is 0 Å². The maximum Gasteiger partial charge on any atom is 0.183 e. The lowest BCUT2D eigenvalue weighted by Crippen LogP contribution is -2.27. The Kier molecular flexibility index (Phi) is 5.37. The van der Waals surface area contributed by atoms with Crippen molar-refractivity contribution in [3.8, 4) is 6.07 Å². The highest BCUT2D eigenvalue weighted by Crippen LogP contribution is 2.26. The normalized spacial score (nSPS) is 12.4. The summed E-state index contributed by atoms with van der Waals surface area (Å²) in [6.45, 7) is 2.70. The van der Waals surface area contributed by atoms with Gasteiger partial charge in [0, 0.05) is 6.04 Å². The first-order chi connectivity index (χ1) is 7.17. The number of nitrogens with one attached hydrogen (secondary N) is 1. The largest absolute Gasteiger partial charge is 0.452 e. The molecule has 0 aliphatic carbocycles. The van der Waals surface area contributed by atoms with E-state index in [9.17, 15) is 0 Å². The lowest BCUT2D eigenvalue weighted by atomic mass is 10.1. The highest BCUT2D eigenvalue weighted by Gasteiger charge is 2.09. The van der Waals surface area contributed by atoms with Gasteiger partial charge in [-0.15, -0.1) is 0 Å². The van der Waals surface area contributed by atoms with Crippen LogP contribution in [0.4, 0.5) is 0 Å². The monoisotopic (exact) mass is 334 g/mol. The van der Waals surface area contributed by atoms with Gasteiger partial charge in [0.1, 0.15) is 5.76 Å². The summed E-state index contributed by atoms with van der Waals surface area (Å²) in [5.74, 6) is 0.852. The molecule has 15 heavy (non-hydrogen) atoms. The third-order valence-electron chi connectivity index (χ3n) is 2.09. The highest BCUT2D eigenvalue weighted by atomic mass is 79.9. The van der Waals surface area contributed by atoms with E-state index in [0.717, 1.165) is 16.7 Å². The zero-order chi connectivity index (χ0) is 11.3. The Balaban J connectivity index is 2.46. The summed E-state index contributed by atoms with van der Waals surface area (Å²) >= 11 is 6.63. The zero-order valence-electron chi connectivity index (χ0n) is 8.39. The van der Waals surface area contributed by atoms with Crippen molar-refractivity contribution in [1.82, 2.24) is 5.32 Å². The van der Waals surface area contributed by atoms with Gasteiger partial charge in [-0.05, 0) is 44.3 Å². The van der Waals surface area contributed by atoms with Crippen molar-refractivity contribution in [1.29, 1.82) is 5.26 Å². The van der Waals surface area contributed by atoms with E-state index in [0.29, 0.717) is 17.6 Å². The van der Waals surface area contributed by atoms with E-state index >= 15 is 0 Å². The van der Waals surface area contributed by atoms with Gasteiger partial charge in [-0.1, -0.05) is 6.92 Å². The minimum absolute atomic E-state index is 0.234. The summed E-state index contributed by atoms with van der Waals surface area (Å²) in [5, 5.41) is 11.9. The molecule has 1 aromatic heterocycles. The van der Waals surface area contributed by atoms with Gasteiger partial charge in [0.25, 0.3) is 0 Å². The number of halogens is 2. The zero-order valence-corrected chi connectivity index (χ0v) is 11.6. The molecule has 1 N–H and O–H groups in total. The molecular weight excluding hydrogens is 324 g/mol. The summed E-state index contributed by atoms with van der Waals surface area (Å²) in [6, 6.07) is 4.31. The molecule has 0 saturated heterocycles. The van der Waals surface area contributed by atoms with Gasteiger partial charge in [0.05, 0.1) is 23.5 Å². The summed E-state index contributed by atoms with van der Waals surface area (Å²) in [4.78, 5) is 0. The topological polar surface area (TPSA) is 49.0 Å². The molecule has 0 saturated carbocycles. The van der Waals surface area contributed by atoms with Crippen LogP contribution in [0.1, 0.15) is 25.5 Å². The molecule has 0 aliphatic heterocycles. The van der Waals surface area contributed by atoms with Crippen LogP contribution in [0.15, 0.2) is 19.6 Å². The van der Waals surface area contributed by atoms with Crippen molar-refractivity contribution in [2.45, 2.75) is 32.4 Å². The summed E-state index contributed by atoms with van der Waals surface area (Å²) in [5.41, 5.74) is 0. The molecule has 0 aliphatic rings. The van der Waals surface area contributed by atoms with Crippen molar-refractivity contribution < 1.29 is 4.42 Å². The van der Waals surface area contributed by atoms with Crippen molar-refractivity contribution >= 4 is 31.9 Å². The van der Waals surface area contributed by atoms with E-state index in [1.807, 2.05) is 6.07 Å². The molecule has 1 rings (SSSR count). The maximum absolute atomic E-state index is 8.58. The van der Waals surface area contributed by atoms with Crippen LogP contribution in [0.5, 0.6) is 0 Å². The molecule has 3 nitrogen and oxygen atoms in total. The van der Waals surface area contributed by atoms with Gasteiger partial charge in [-0.25, -0.2) is 0 Å². The fourth-order valence-corrected chi connectivity index (χ4v) is 1.85. The average molecular weight is 336 g/mol. The molecule has 5 heteroatoms. The van der Waals surface area contributed by atoms with E-state index in [1.54, 1.807) is 0 Å². The average Bonchev–Trinajstić information content (AvgIpc) is 2.53. The lowest BCUT2D eigenvalue weighted by molar-refractivity contribution is 0.428. The van der Waals surface area contributed by atoms with E-state index in [2.05, 4.69) is 50.2 Å². The summed E-state index contributed by atoms with van der Waals surface area (Å²) < 4.78 is 7.02. The molecule has 0 fully saturated rings. The van der Waals surface area contributed by atoms with Gasteiger partial charge < -0.3 is 9.73 Å². The smallest absolute Gasteiger partial charge is 0.183 e. The number of furan rings is 1. The maximum atomic E-state index is 8.58. The van der Waals surface area contributed by atoms with Crippen LogP contribution in [0.3, 0.4) is 0 Å². The van der Waals surface area contributed by atoms with Crippen LogP contribution in [0, 0.1) is 11.3 Å². The Morgan fingerprint density at radius 3 is 2.80 bits per heavy atom. The van der Waals surface area contributed by atoms with E-state index in [1.165, 1.54) is 0 Å². The second kappa shape index (κ2) is 6.31. The quantitative estimate of drug-likeness (QED) is 0.894. The number of hydrogen-bond donors (Lipinski definition) is 1. The number of nitriles is 1. The van der Waals surface area contributed by atoms with Crippen molar-refractivity contribution in [3.05, 3.63) is 21.0 Å². The number of nitrogens with zero attached hydrogens (tertiary/aromatic N) is 1. The van der Waals surface area contributed by atoms with E-state index in [-0.39, 0.29) is 6.04 Å². The van der Waals surface area contributed by atoms with Crippen LogP contribution in [-0.4, -0.2) is 6.04 Å². The predicted molar refractivity (Wildman–Crippen MR) is 65.3 cm³/mol. The molecule has 0 bridgehead atoms. The number of hydrogen-bond acceptors (Lipinski definition) is 3. The fraction of sp³-hybridized carbons (Fsp3) is 0.500. The Morgan fingerprint density at radius 2 is 2.33 bits per heavy atom. The van der Waals surface area contributed by atoms with Crippen LogP contribution in [0.2, 0.25) is 0 Å². The molecule has 1 aromatic rings. The van der Waals surface area contributed by atoms with Gasteiger partial charge in [-0.3, -0.25) is 0 Å². The second-order valence-corrected chi connectivity index (χ2v) is 4.76. The molecule has 0 radical (unpaired) electrons. The first-order valence-corrected chi connectivity index (χ1v) is 6.30. The number of rotatable bonds is 5. The molecule has 0 spiro atoms. The van der Waals surface area contributed by atoms with Crippen molar-refractivity contribution in [2.24, 2.45) is 0 Å². The van der Waals surface area contributed by atoms with Gasteiger partial charge in [0.2, 0.25) is 0 Å². The van der Waals surface area contributed by atoms with Crippen molar-refractivity contribution in [2.75, 3.05) is 0 Å². The summed E-state index contributed by atoms with van der Waals surface area (Å²) in [7, 11) is 0.